The molecule has 1 aromatic rings. The van der Waals surface area contributed by atoms with E-state index in [9.17, 15) is 9.36 Å². The topological polar surface area (TPSA) is 104 Å². The van der Waals surface area contributed by atoms with E-state index < -0.39 is 20.4 Å². The van der Waals surface area contributed by atoms with Gasteiger partial charge >= 0.3 is 13.8 Å². The van der Waals surface area contributed by atoms with Gasteiger partial charge in [0.2, 0.25) is 0 Å². The first kappa shape index (κ1) is 11.9. The van der Waals surface area contributed by atoms with E-state index in [0.29, 0.717) is 0 Å². The van der Waals surface area contributed by atoms with Crippen molar-refractivity contribution in [2.75, 3.05) is 0 Å². The summed E-state index contributed by atoms with van der Waals surface area (Å²) in [6.45, 7) is -0.410. The second kappa shape index (κ2) is 4.55. The van der Waals surface area contributed by atoms with E-state index in [2.05, 4.69) is 4.52 Å². The molecular formula is C8H9O6P. The van der Waals surface area contributed by atoms with Crippen LogP contribution in [0.3, 0.4) is 0 Å². The van der Waals surface area contributed by atoms with Gasteiger partial charge in [-0.05, 0) is 11.6 Å². The summed E-state index contributed by atoms with van der Waals surface area (Å²) in [7, 11) is -4.85. The zero-order valence-corrected chi connectivity index (χ0v) is 8.42. The molecule has 15 heavy (non-hydrogen) atoms. The highest BCUT2D eigenvalue weighted by atomic mass is 31.2. The van der Waals surface area contributed by atoms with Crippen LogP contribution in [0.5, 0.6) is 0 Å². The van der Waals surface area contributed by atoms with Crippen molar-refractivity contribution in [3.63, 3.8) is 0 Å². The van der Waals surface area contributed by atoms with Crippen molar-refractivity contribution in [3.05, 3.63) is 35.4 Å². The van der Waals surface area contributed by atoms with E-state index in [1.165, 1.54) is 18.2 Å². The Balaban J connectivity index is 2.96. The van der Waals surface area contributed by atoms with Crippen LogP contribution in [0.1, 0.15) is 15.9 Å². The fourth-order valence-electron chi connectivity index (χ4n) is 1.01. The number of phosphoric acid groups is 1. The summed E-state index contributed by atoms with van der Waals surface area (Å²) in [5, 5.41) is 8.86. The molecule has 7 heteroatoms. The summed E-state index contributed by atoms with van der Waals surface area (Å²) in [6.07, 6.45) is 0. The molecule has 0 aliphatic rings. The molecule has 1 aromatic carbocycles. The van der Waals surface area contributed by atoms with E-state index in [-0.39, 0.29) is 11.1 Å². The maximum absolute atomic E-state index is 11.2. The molecule has 6 nitrogen and oxygen atoms in total. The Morgan fingerprint density at radius 2 is 1.93 bits per heavy atom. The maximum Gasteiger partial charge on any atom is 0.527 e. The molecule has 0 spiro atoms. The van der Waals surface area contributed by atoms with Crippen molar-refractivity contribution in [2.45, 2.75) is 6.61 Å². The third kappa shape index (κ3) is 3.45. The van der Waals surface area contributed by atoms with Crippen molar-refractivity contribution in [3.8, 4) is 0 Å². The van der Waals surface area contributed by atoms with Gasteiger partial charge in [-0.3, -0.25) is 9.79 Å². The maximum atomic E-state index is 11.2. The Kier molecular flexibility index (Phi) is 3.60. The summed E-state index contributed by atoms with van der Waals surface area (Å²) < 4.78 is 14.3. The van der Waals surface area contributed by atoms with Crippen LogP contribution in [0, 0.1) is 0 Å². The molecule has 0 aromatic heterocycles. The molecule has 0 aliphatic heterocycles. The molecule has 0 saturated carbocycles. The van der Waals surface area contributed by atoms with Gasteiger partial charge in [0.1, 0.15) is 0 Å². The Hall–Kier alpha value is -1.20. The largest absolute Gasteiger partial charge is 0.527 e. The summed E-state index contributed by atoms with van der Waals surface area (Å²) in [4.78, 5) is 28.1. The third-order valence-corrected chi connectivity index (χ3v) is 2.01. The zero-order valence-electron chi connectivity index (χ0n) is 7.53. The van der Waals surface area contributed by atoms with E-state index >= 15 is 0 Å². The Labute approximate surface area is 85.4 Å². The first-order valence-electron chi connectivity index (χ1n) is 3.92. The molecule has 0 saturated heterocycles. The van der Waals surface area contributed by atoms with E-state index in [1.807, 2.05) is 0 Å². The van der Waals surface area contributed by atoms with Gasteiger partial charge in [-0.2, -0.15) is 0 Å². The minimum absolute atomic E-state index is 0.0664. The lowest BCUT2D eigenvalue weighted by atomic mass is 10.1. The number of phosphoric ester groups is 1. The lowest BCUT2D eigenvalue weighted by Crippen LogP contribution is -2.06. The molecule has 82 valence electrons. The normalized spacial score (nSPS) is 11.1. The Morgan fingerprint density at radius 3 is 2.47 bits per heavy atom. The number of hydrogen-bond donors (Lipinski definition) is 3. The molecule has 3 N–H and O–H groups in total. The summed E-state index contributed by atoms with van der Waals surface area (Å²) in [6, 6.07) is 5.84. The van der Waals surface area contributed by atoms with Crippen molar-refractivity contribution in [1.82, 2.24) is 0 Å². The van der Waals surface area contributed by atoms with Crippen LogP contribution in [0.2, 0.25) is 0 Å². The smallest absolute Gasteiger partial charge is 0.392 e. The van der Waals surface area contributed by atoms with Gasteiger partial charge in [0.05, 0.1) is 12.2 Å². The van der Waals surface area contributed by atoms with Crippen molar-refractivity contribution >= 4 is 13.8 Å². The summed E-state index contributed by atoms with van der Waals surface area (Å²) in [5.41, 5.74) is 0.180. The number of aliphatic hydroxyl groups is 1. The lowest BCUT2D eigenvalue weighted by molar-refractivity contribution is 0.0674. The second-order valence-corrected chi connectivity index (χ2v) is 3.85. The number of hydrogen-bond acceptors (Lipinski definition) is 4. The number of benzene rings is 1. The van der Waals surface area contributed by atoms with Crippen LogP contribution in [-0.4, -0.2) is 20.9 Å². The molecule has 0 heterocycles. The number of rotatable bonds is 3. The van der Waals surface area contributed by atoms with E-state index in [0.717, 1.165) is 0 Å². The minimum atomic E-state index is -4.85. The van der Waals surface area contributed by atoms with Gasteiger partial charge in [0, 0.05) is 0 Å². The highest BCUT2D eigenvalue weighted by Gasteiger charge is 2.22. The SMILES string of the molecule is O=C(OP(=O)(O)O)c1ccccc1CO. The highest BCUT2D eigenvalue weighted by molar-refractivity contribution is 7.46. The second-order valence-electron chi connectivity index (χ2n) is 2.68. The van der Waals surface area contributed by atoms with Gasteiger partial charge in [-0.15, -0.1) is 0 Å². The number of carbonyl (C=O) groups excluding carboxylic acids is 1. The molecule has 0 fully saturated rings. The quantitative estimate of drug-likeness (QED) is 0.652. The van der Waals surface area contributed by atoms with Crippen LogP contribution in [0.4, 0.5) is 0 Å². The predicted octanol–water partition coefficient (Wildman–Crippen LogP) is 0.428. The van der Waals surface area contributed by atoms with Crippen LogP contribution in [0.25, 0.3) is 0 Å². The molecule has 0 bridgehead atoms. The fourth-order valence-corrected chi connectivity index (χ4v) is 1.33. The summed E-state index contributed by atoms with van der Waals surface area (Å²) >= 11 is 0. The molecular weight excluding hydrogens is 223 g/mol. The average molecular weight is 232 g/mol. The molecule has 0 amide bonds. The first-order valence-corrected chi connectivity index (χ1v) is 5.45. The predicted molar refractivity (Wildman–Crippen MR) is 49.8 cm³/mol. The molecule has 0 unspecified atom stereocenters. The molecule has 0 atom stereocenters. The molecule has 1 rings (SSSR count). The van der Waals surface area contributed by atoms with Crippen molar-refractivity contribution < 1.29 is 28.8 Å². The van der Waals surface area contributed by atoms with Crippen LogP contribution in [0.15, 0.2) is 24.3 Å². The average Bonchev–Trinajstić information content (AvgIpc) is 2.15. The van der Waals surface area contributed by atoms with Crippen LogP contribution < -0.4 is 0 Å². The van der Waals surface area contributed by atoms with E-state index in [4.69, 9.17) is 14.9 Å². The number of carbonyl (C=O) groups is 1. The zero-order chi connectivity index (χ0) is 11.5. The van der Waals surface area contributed by atoms with Crippen molar-refractivity contribution in [1.29, 1.82) is 0 Å². The highest BCUT2D eigenvalue weighted by Crippen LogP contribution is 2.37. The molecule has 0 radical (unpaired) electrons. The summed E-state index contributed by atoms with van der Waals surface area (Å²) in [5.74, 6) is -1.16. The van der Waals surface area contributed by atoms with Crippen LogP contribution in [-0.2, 0) is 15.7 Å². The Morgan fingerprint density at radius 1 is 1.33 bits per heavy atom. The van der Waals surface area contributed by atoms with Crippen LogP contribution >= 0.6 is 7.82 Å². The van der Waals surface area contributed by atoms with Gasteiger partial charge in [0.25, 0.3) is 0 Å². The number of aliphatic hydroxyl groups excluding tert-OH is 1. The van der Waals surface area contributed by atoms with Crippen molar-refractivity contribution in [2.24, 2.45) is 0 Å². The lowest BCUT2D eigenvalue weighted by Gasteiger charge is -2.07. The fraction of sp³-hybridized carbons (Fsp3) is 0.125. The van der Waals surface area contributed by atoms with Gasteiger partial charge in [0.15, 0.2) is 0 Å². The third-order valence-electron chi connectivity index (χ3n) is 1.61. The van der Waals surface area contributed by atoms with Gasteiger partial charge in [-0.25, -0.2) is 9.36 Å². The first-order chi connectivity index (χ1) is 6.94. The molecule has 0 aliphatic carbocycles. The van der Waals surface area contributed by atoms with Gasteiger partial charge in [-0.1, -0.05) is 18.2 Å². The van der Waals surface area contributed by atoms with E-state index in [1.54, 1.807) is 6.07 Å². The minimum Gasteiger partial charge on any atom is -0.392 e. The Bertz CT molecular complexity index is 409. The van der Waals surface area contributed by atoms with Gasteiger partial charge < -0.3 is 9.63 Å². The monoisotopic (exact) mass is 232 g/mol. The standard InChI is InChI=1S/C8H9O6P/c9-5-6-3-1-2-4-7(6)8(10)14-15(11,12)13/h1-4,9H,5H2,(H2,11,12,13).